The van der Waals surface area contributed by atoms with Crippen LogP contribution < -0.4 is 10.2 Å². The number of ether oxygens (including phenoxy) is 1. The molecule has 2 heterocycles. The van der Waals surface area contributed by atoms with Gasteiger partial charge in [-0.25, -0.2) is 4.98 Å². The highest BCUT2D eigenvalue weighted by Crippen LogP contribution is 2.51. The van der Waals surface area contributed by atoms with E-state index in [4.69, 9.17) is 9.72 Å². The fraction of sp³-hybridized carbons (Fsp3) is 0.238. The Bertz CT molecular complexity index is 2190. The Morgan fingerprint density at radius 2 is 1.45 bits per heavy atom. The van der Waals surface area contributed by atoms with E-state index in [9.17, 15) is 18.0 Å². The molecule has 6 aromatic rings. The van der Waals surface area contributed by atoms with E-state index in [-0.39, 0.29) is 11.3 Å². The van der Waals surface area contributed by atoms with E-state index >= 15 is 0 Å². The normalized spacial score (nSPS) is 15.1. The van der Waals surface area contributed by atoms with Crippen LogP contribution in [0.4, 0.5) is 24.8 Å². The molecule has 0 bridgehead atoms. The van der Waals surface area contributed by atoms with Gasteiger partial charge in [0.2, 0.25) is 5.95 Å². The zero-order valence-electron chi connectivity index (χ0n) is 28.2. The lowest BCUT2D eigenvalue weighted by Crippen LogP contribution is -2.38. The molecule has 6 nitrogen and oxygen atoms in total. The molecule has 2 aliphatic rings. The largest absolute Gasteiger partial charge is 0.416 e. The molecule has 0 saturated carbocycles. The molecule has 0 atom stereocenters. The molecule has 51 heavy (non-hydrogen) atoms. The second-order valence-electron chi connectivity index (χ2n) is 13.5. The summed E-state index contributed by atoms with van der Waals surface area (Å²) in [7, 11) is 0. The number of carbonyl (C=O) groups is 1. The molecule has 1 aromatic heterocycles. The molecular formula is C42H37F3N4O2. The summed E-state index contributed by atoms with van der Waals surface area (Å²) in [6.07, 6.45) is -2.54. The summed E-state index contributed by atoms with van der Waals surface area (Å²) in [5, 5.41) is 3.01. The molecule has 0 unspecified atom stereocenters. The highest BCUT2D eigenvalue weighted by Gasteiger charge is 2.38. The number of amides is 1. The monoisotopic (exact) mass is 686 g/mol. The van der Waals surface area contributed by atoms with Crippen molar-refractivity contribution in [1.29, 1.82) is 0 Å². The van der Waals surface area contributed by atoms with Crippen LogP contribution in [0.1, 0.15) is 46.8 Å². The lowest BCUT2D eigenvalue weighted by Gasteiger charge is -2.30. The SMILES string of the molecule is CC1(CCCn2c(N3CCOCC3)nc3cc(NC(=O)c4ccccc4-c4ccc(C(F)(F)F)cc4)ccc32)c2ccccc2-c2ccccc21. The van der Waals surface area contributed by atoms with E-state index in [0.29, 0.717) is 35.6 Å². The van der Waals surface area contributed by atoms with E-state index in [0.717, 1.165) is 61.6 Å². The molecule has 0 radical (unpaired) electrons. The highest BCUT2D eigenvalue weighted by atomic mass is 19.4. The van der Waals surface area contributed by atoms with Crippen molar-refractivity contribution in [2.45, 2.75) is 37.9 Å². The van der Waals surface area contributed by atoms with Crippen LogP contribution in [0.25, 0.3) is 33.3 Å². The smallest absolute Gasteiger partial charge is 0.378 e. The van der Waals surface area contributed by atoms with Crippen molar-refractivity contribution < 1.29 is 22.7 Å². The van der Waals surface area contributed by atoms with Crippen LogP contribution in [0.2, 0.25) is 0 Å². The van der Waals surface area contributed by atoms with Crippen molar-refractivity contribution in [3.63, 3.8) is 0 Å². The number of alkyl halides is 3. The first-order chi connectivity index (χ1) is 24.7. The van der Waals surface area contributed by atoms with Crippen molar-refractivity contribution in [1.82, 2.24) is 9.55 Å². The first-order valence-electron chi connectivity index (χ1n) is 17.3. The Morgan fingerprint density at radius 3 is 2.12 bits per heavy atom. The molecule has 258 valence electrons. The Labute approximate surface area is 294 Å². The van der Waals surface area contributed by atoms with Gasteiger partial charge in [-0.1, -0.05) is 85.8 Å². The van der Waals surface area contributed by atoms with Crippen molar-refractivity contribution in [2.24, 2.45) is 0 Å². The number of aryl methyl sites for hydroxylation is 1. The van der Waals surface area contributed by atoms with E-state index in [1.807, 2.05) is 18.2 Å². The third-order valence-corrected chi connectivity index (χ3v) is 10.4. The average Bonchev–Trinajstić information content (AvgIpc) is 3.64. The summed E-state index contributed by atoms with van der Waals surface area (Å²) in [5.74, 6) is 0.532. The first kappa shape index (κ1) is 32.8. The maximum absolute atomic E-state index is 13.6. The number of benzene rings is 5. The van der Waals surface area contributed by atoms with Gasteiger partial charge >= 0.3 is 6.18 Å². The second-order valence-corrected chi connectivity index (χ2v) is 13.5. The Balaban J connectivity index is 1.06. The Kier molecular flexibility index (Phi) is 8.38. The van der Waals surface area contributed by atoms with E-state index in [1.54, 1.807) is 24.3 Å². The van der Waals surface area contributed by atoms with Gasteiger partial charge in [0.1, 0.15) is 0 Å². The summed E-state index contributed by atoms with van der Waals surface area (Å²) in [4.78, 5) is 21.0. The molecule has 9 heteroatoms. The van der Waals surface area contributed by atoms with Crippen LogP contribution in [0, 0.1) is 0 Å². The van der Waals surface area contributed by atoms with Gasteiger partial charge in [0.05, 0.1) is 29.8 Å². The van der Waals surface area contributed by atoms with Crippen LogP contribution in [0.5, 0.6) is 0 Å². The number of anilines is 2. The third-order valence-electron chi connectivity index (χ3n) is 10.4. The molecule has 1 amide bonds. The fourth-order valence-corrected chi connectivity index (χ4v) is 7.79. The summed E-state index contributed by atoms with van der Waals surface area (Å²) in [5.41, 5.74) is 8.30. The first-order valence-corrected chi connectivity index (χ1v) is 17.3. The van der Waals surface area contributed by atoms with E-state index < -0.39 is 11.7 Å². The summed E-state index contributed by atoms with van der Waals surface area (Å²) < 4.78 is 47.5. The number of rotatable bonds is 8. The number of fused-ring (bicyclic) bond motifs is 4. The van der Waals surface area contributed by atoms with Gasteiger partial charge in [0.15, 0.2) is 0 Å². The van der Waals surface area contributed by atoms with Crippen LogP contribution in [-0.2, 0) is 22.9 Å². The Hall–Kier alpha value is -5.41. The van der Waals surface area contributed by atoms with Gasteiger partial charge in [-0.2, -0.15) is 13.2 Å². The predicted octanol–water partition coefficient (Wildman–Crippen LogP) is 9.58. The minimum Gasteiger partial charge on any atom is -0.378 e. The van der Waals surface area contributed by atoms with Crippen molar-refractivity contribution in [3.8, 4) is 22.3 Å². The molecule has 1 aliphatic heterocycles. The molecule has 5 aromatic carbocycles. The molecule has 0 spiro atoms. The quantitative estimate of drug-likeness (QED) is 0.173. The molecule has 1 saturated heterocycles. The van der Waals surface area contributed by atoms with Gasteiger partial charge in [-0.15, -0.1) is 0 Å². The molecular weight excluding hydrogens is 649 g/mol. The number of morpholine rings is 1. The number of imidazole rings is 1. The summed E-state index contributed by atoms with van der Waals surface area (Å²) in [6.45, 7) is 5.88. The minimum absolute atomic E-state index is 0.100. The molecule has 8 rings (SSSR count). The topological polar surface area (TPSA) is 59.4 Å². The van der Waals surface area contributed by atoms with E-state index in [2.05, 4.69) is 70.2 Å². The number of carbonyl (C=O) groups excluding carboxylic acids is 1. The third kappa shape index (κ3) is 6.05. The van der Waals surface area contributed by atoms with Crippen LogP contribution in [0.15, 0.2) is 115 Å². The predicted molar refractivity (Wildman–Crippen MR) is 195 cm³/mol. The molecule has 1 fully saturated rings. The van der Waals surface area contributed by atoms with Gasteiger partial charge in [-0.3, -0.25) is 4.79 Å². The van der Waals surface area contributed by atoms with Crippen molar-refractivity contribution >= 4 is 28.6 Å². The zero-order valence-corrected chi connectivity index (χ0v) is 28.2. The number of hydrogen-bond donors (Lipinski definition) is 1. The maximum atomic E-state index is 13.6. The van der Waals surface area contributed by atoms with Gasteiger partial charge in [-0.05, 0) is 82.6 Å². The molecule has 1 aliphatic carbocycles. The summed E-state index contributed by atoms with van der Waals surface area (Å²) >= 11 is 0. The zero-order chi connectivity index (χ0) is 35.2. The molecule has 1 N–H and O–H groups in total. The van der Waals surface area contributed by atoms with Crippen molar-refractivity contribution in [2.75, 3.05) is 36.5 Å². The van der Waals surface area contributed by atoms with Gasteiger partial charge < -0.3 is 19.5 Å². The minimum atomic E-state index is -4.44. The van der Waals surface area contributed by atoms with Crippen LogP contribution in [-0.4, -0.2) is 41.8 Å². The lowest BCUT2D eigenvalue weighted by molar-refractivity contribution is -0.137. The van der Waals surface area contributed by atoms with Gasteiger partial charge in [0, 0.05) is 36.3 Å². The van der Waals surface area contributed by atoms with Crippen LogP contribution >= 0.6 is 0 Å². The van der Waals surface area contributed by atoms with E-state index in [1.165, 1.54) is 34.4 Å². The number of aromatic nitrogens is 2. The fourth-order valence-electron chi connectivity index (χ4n) is 7.79. The lowest BCUT2D eigenvalue weighted by atomic mass is 9.76. The van der Waals surface area contributed by atoms with Gasteiger partial charge in [0.25, 0.3) is 5.91 Å². The second kappa shape index (κ2) is 13.0. The van der Waals surface area contributed by atoms with Crippen LogP contribution in [0.3, 0.4) is 0 Å². The summed E-state index contributed by atoms with van der Waals surface area (Å²) in [6, 6.07) is 35.0. The standard InChI is InChI=1S/C42H37F3N4O2/c1-41(35-13-6-4-10-32(35)33-11-5-7-14-36(33)41)21-8-22-49-38-20-19-30(27-37(38)47-40(49)48-23-25-51-26-24-48)46-39(50)34-12-3-2-9-31(34)28-15-17-29(18-16-28)42(43,44)45/h2-7,9-20,27H,8,21-26H2,1H3,(H,46,50). The average molecular weight is 687 g/mol. The number of nitrogens with one attached hydrogen (secondary N) is 1. The number of halogens is 3. The number of hydrogen-bond acceptors (Lipinski definition) is 4. The highest BCUT2D eigenvalue weighted by molar-refractivity contribution is 6.09. The van der Waals surface area contributed by atoms with Crippen molar-refractivity contribution in [3.05, 3.63) is 138 Å². The Morgan fingerprint density at radius 1 is 0.824 bits per heavy atom. The number of nitrogens with zero attached hydrogens (tertiary/aromatic N) is 3. The maximum Gasteiger partial charge on any atom is 0.416 e.